The van der Waals surface area contributed by atoms with E-state index in [0.29, 0.717) is 15.9 Å². The second kappa shape index (κ2) is 11.8. The number of nitrogens with zero attached hydrogens (tertiary/aromatic N) is 2. The fourth-order valence-electron chi connectivity index (χ4n) is 3.51. The number of thiophene rings is 1. The number of hydrogen-bond acceptors (Lipinski definition) is 5. The van der Waals surface area contributed by atoms with Crippen LogP contribution in [0.1, 0.15) is 73.0 Å². The largest absolute Gasteiger partial charge is 0.538 e. The summed E-state index contributed by atoms with van der Waals surface area (Å²) in [6, 6.07) is 6.92. The van der Waals surface area contributed by atoms with Crippen molar-refractivity contribution in [3.8, 4) is 5.75 Å². The minimum Gasteiger partial charge on any atom is -0.538 e. The zero-order chi connectivity index (χ0) is 28.4. The van der Waals surface area contributed by atoms with Gasteiger partial charge in [0, 0.05) is 27.5 Å². The number of halogens is 2. The van der Waals surface area contributed by atoms with Crippen LogP contribution in [0.2, 0.25) is 28.2 Å². The second-order valence-corrected chi connectivity index (χ2v) is 17.8. The van der Waals surface area contributed by atoms with Crippen molar-refractivity contribution in [3.63, 3.8) is 0 Å². The Morgan fingerprint density at radius 1 is 1.16 bits per heavy atom. The molecule has 3 rings (SSSR count). The molecular weight excluding hydrogens is 557 g/mol. The molecule has 3 aromatic rings. The van der Waals surface area contributed by atoms with Crippen molar-refractivity contribution in [2.75, 3.05) is 0 Å². The van der Waals surface area contributed by atoms with Crippen molar-refractivity contribution in [2.45, 2.75) is 72.3 Å². The van der Waals surface area contributed by atoms with E-state index < -0.39 is 14.2 Å². The van der Waals surface area contributed by atoms with Crippen LogP contribution in [-0.2, 0) is 6.54 Å². The number of hydrogen-bond donors (Lipinski definition) is 1. The number of benzene rings is 1. The van der Waals surface area contributed by atoms with Crippen LogP contribution in [0.15, 0.2) is 34.4 Å². The van der Waals surface area contributed by atoms with Crippen LogP contribution in [-0.4, -0.2) is 23.8 Å². The molecule has 6 nitrogen and oxygen atoms in total. The summed E-state index contributed by atoms with van der Waals surface area (Å²) in [5, 5.41) is 5.64. The van der Waals surface area contributed by atoms with Gasteiger partial charge in [-0.3, -0.25) is 14.2 Å². The summed E-state index contributed by atoms with van der Waals surface area (Å²) in [5.41, 5.74) is 1.32. The Bertz CT molecular complexity index is 1400. The van der Waals surface area contributed by atoms with Crippen LogP contribution < -0.4 is 15.3 Å². The minimum atomic E-state index is -2.48. The molecule has 0 atom stereocenters. The molecule has 1 aromatic carbocycles. The van der Waals surface area contributed by atoms with E-state index in [1.165, 1.54) is 4.88 Å². The molecule has 0 unspecified atom stereocenters. The highest BCUT2D eigenvalue weighted by Gasteiger charge is 2.41. The molecule has 0 bridgehead atoms. The number of nitrogens with one attached hydrogen (secondary N) is 1. The SMILES string of the molecule is Cc1cc(/C=C/c2nc(C(=O)NCc3cc(Cl)cc(Cl)c3)c(O[Si](C)(C)C(C)(C)C)c(=O)n2C(C)C)cs1. The number of rotatable bonds is 8. The third kappa shape index (κ3) is 7.17. The molecule has 0 saturated carbocycles. The number of aryl methyl sites for hydroxylation is 1. The first-order chi connectivity index (χ1) is 17.6. The van der Waals surface area contributed by atoms with E-state index in [9.17, 15) is 9.59 Å². The van der Waals surface area contributed by atoms with Crippen LogP contribution >= 0.6 is 34.5 Å². The molecule has 0 spiro atoms. The van der Waals surface area contributed by atoms with Gasteiger partial charge in [0.1, 0.15) is 5.82 Å². The Kier molecular flexibility index (Phi) is 9.35. The van der Waals surface area contributed by atoms with Gasteiger partial charge in [-0.2, -0.15) is 0 Å². The molecule has 10 heteroatoms. The predicted octanol–water partition coefficient (Wildman–Crippen LogP) is 7.99. The lowest BCUT2D eigenvalue weighted by atomic mass is 10.2. The second-order valence-electron chi connectivity index (χ2n) is 11.1. The minimum absolute atomic E-state index is 0.0181. The van der Waals surface area contributed by atoms with Gasteiger partial charge in [-0.05, 0) is 85.8 Å². The topological polar surface area (TPSA) is 73.2 Å². The highest BCUT2D eigenvalue weighted by Crippen LogP contribution is 2.37. The molecule has 38 heavy (non-hydrogen) atoms. The molecule has 204 valence electrons. The Morgan fingerprint density at radius 2 is 1.79 bits per heavy atom. The Morgan fingerprint density at radius 3 is 2.32 bits per heavy atom. The Hall–Kier alpha value is -2.39. The van der Waals surface area contributed by atoms with Crippen LogP contribution in [0.5, 0.6) is 5.75 Å². The molecule has 0 aliphatic rings. The summed E-state index contributed by atoms with van der Waals surface area (Å²) in [4.78, 5) is 33.3. The number of carbonyl (C=O) groups excluding carboxylic acids is 1. The van der Waals surface area contributed by atoms with E-state index in [2.05, 4.69) is 32.2 Å². The van der Waals surface area contributed by atoms with Gasteiger partial charge in [-0.15, -0.1) is 11.3 Å². The average Bonchev–Trinajstić information content (AvgIpc) is 3.20. The maximum Gasteiger partial charge on any atom is 0.295 e. The monoisotopic (exact) mass is 591 g/mol. The van der Waals surface area contributed by atoms with Gasteiger partial charge in [0.15, 0.2) is 5.69 Å². The standard InChI is InChI=1S/C28H35Cl2N3O3SSi/c1-17(2)33-23(10-9-19-11-18(3)37-16-19)32-24(25(27(33)35)36-38(7,8)28(4,5)6)26(34)31-15-20-12-21(29)14-22(30)13-20/h9-14,16-17H,15H2,1-8H3,(H,31,34)/b10-9+. The molecule has 1 amide bonds. The van der Waals surface area contributed by atoms with E-state index >= 15 is 0 Å². The zero-order valence-electron chi connectivity index (χ0n) is 23.1. The maximum absolute atomic E-state index is 13.9. The van der Waals surface area contributed by atoms with Crippen molar-refractivity contribution in [1.82, 2.24) is 14.9 Å². The first-order valence-corrected chi connectivity index (χ1v) is 17.0. The smallest absolute Gasteiger partial charge is 0.295 e. The average molecular weight is 593 g/mol. The maximum atomic E-state index is 13.9. The van der Waals surface area contributed by atoms with E-state index in [0.717, 1.165) is 11.1 Å². The van der Waals surface area contributed by atoms with E-state index in [-0.39, 0.29) is 34.6 Å². The third-order valence-corrected chi connectivity index (χ3v) is 12.2. The summed E-state index contributed by atoms with van der Waals surface area (Å²) in [6.45, 7) is 16.3. The predicted molar refractivity (Wildman–Crippen MR) is 162 cm³/mol. The first kappa shape index (κ1) is 30.2. The number of amides is 1. The summed E-state index contributed by atoms with van der Waals surface area (Å²) in [7, 11) is -2.48. The highest BCUT2D eigenvalue weighted by atomic mass is 35.5. The first-order valence-electron chi connectivity index (χ1n) is 12.4. The van der Waals surface area contributed by atoms with Gasteiger partial charge in [0.2, 0.25) is 5.75 Å². The molecule has 2 aromatic heterocycles. The molecule has 0 aliphatic carbocycles. The molecule has 2 heterocycles. The third-order valence-electron chi connectivity index (χ3n) is 6.55. The fourth-order valence-corrected chi connectivity index (χ4v) is 5.75. The van der Waals surface area contributed by atoms with Crippen molar-refractivity contribution in [1.29, 1.82) is 0 Å². The normalized spacial score (nSPS) is 12.4. The van der Waals surface area contributed by atoms with Gasteiger partial charge in [0.05, 0.1) is 0 Å². The molecule has 1 N–H and O–H groups in total. The zero-order valence-corrected chi connectivity index (χ0v) is 26.4. The number of aromatic nitrogens is 2. The molecule has 0 fully saturated rings. The van der Waals surface area contributed by atoms with Gasteiger partial charge in [-0.1, -0.05) is 50.0 Å². The summed E-state index contributed by atoms with van der Waals surface area (Å²) < 4.78 is 8.04. The van der Waals surface area contributed by atoms with Crippen LogP contribution in [0, 0.1) is 6.92 Å². The fraction of sp³-hybridized carbons (Fsp3) is 0.393. The van der Waals surface area contributed by atoms with Gasteiger partial charge >= 0.3 is 0 Å². The van der Waals surface area contributed by atoms with E-state index in [4.69, 9.17) is 32.6 Å². The van der Waals surface area contributed by atoms with Crippen molar-refractivity contribution < 1.29 is 9.22 Å². The van der Waals surface area contributed by atoms with Crippen LogP contribution in [0.25, 0.3) is 12.2 Å². The molecule has 0 aliphatic heterocycles. The van der Waals surface area contributed by atoms with Gasteiger partial charge < -0.3 is 9.74 Å². The van der Waals surface area contributed by atoms with Crippen molar-refractivity contribution >= 4 is 60.9 Å². The van der Waals surface area contributed by atoms with Crippen molar-refractivity contribution in [2.24, 2.45) is 0 Å². The lowest BCUT2D eigenvalue weighted by Gasteiger charge is -2.36. The summed E-state index contributed by atoms with van der Waals surface area (Å²) >= 11 is 13.9. The summed E-state index contributed by atoms with van der Waals surface area (Å²) in [6.07, 6.45) is 3.67. The van der Waals surface area contributed by atoms with Crippen LogP contribution in [0.3, 0.4) is 0 Å². The lowest BCUT2D eigenvalue weighted by Crippen LogP contribution is -2.46. The quantitative estimate of drug-likeness (QED) is 0.269. The van der Waals surface area contributed by atoms with Gasteiger partial charge in [0.25, 0.3) is 19.8 Å². The lowest BCUT2D eigenvalue weighted by molar-refractivity contribution is 0.0942. The van der Waals surface area contributed by atoms with Gasteiger partial charge in [-0.25, -0.2) is 4.98 Å². The highest BCUT2D eigenvalue weighted by molar-refractivity contribution is 7.10. The molecule has 0 radical (unpaired) electrons. The molecular formula is C28H35Cl2N3O3SSi. The van der Waals surface area contributed by atoms with Crippen molar-refractivity contribution in [3.05, 3.63) is 77.6 Å². The van der Waals surface area contributed by atoms with E-state index in [1.807, 2.05) is 45.3 Å². The van der Waals surface area contributed by atoms with Crippen LogP contribution in [0.4, 0.5) is 0 Å². The Balaban J connectivity index is 2.13. The number of carbonyl (C=O) groups is 1. The van der Waals surface area contributed by atoms with E-state index in [1.54, 1.807) is 40.2 Å². The summed E-state index contributed by atoms with van der Waals surface area (Å²) in [5.74, 6) is -0.147. The molecule has 0 saturated heterocycles. The Labute approximate surface area is 239 Å².